The van der Waals surface area contributed by atoms with Crippen molar-refractivity contribution in [3.8, 4) is 0 Å². The van der Waals surface area contributed by atoms with Crippen molar-refractivity contribution >= 4 is 27.8 Å². The zero-order chi connectivity index (χ0) is 19.3. The van der Waals surface area contributed by atoms with E-state index in [2.05, 4.69) is 45.4 Å². The van der Waals surface area contributed by atoms with Crippen LogP contribution in [0.5, 0.6) is 0 Å². The van der Waals surface area contributed by atoms with E-state index < -0.39 is 0 Å². The van der Waals surface area contributed by atoms with Crippen molar-refractivity contribution in [3.05, 3.63) is 60.4 Å². The number of benzene rings is 2. The SMILES string of the molecule is CC(C)n1c(C2CCCN2c2ncnc3cccc(F)c23)nc2ccccc21. The normalized spacial score (nSPS) is 17.3. The Kier molecular flexibility index (Phi) is 4.00. The van der Waals surface area contributed by atoms with Gasteiger partial charge in [0.25, 0.3) is 0 Å². The fourth-order valence-corrected chi connectivity index (χ4v) is 4.40. The summed E-state index contributed by atoms with van der Waals surface area (Å²) in [6.07, 6.45) is 3.51. The molecule has 3 heterocycles. The first-order valence-corrected chi connectivity index (χ1v) is 9.78. The minimum atomic E-state index is -0.281. The Balaban J connectivity index is 1.69. The highest BCUT2D eigenvalue weighted by Gasteiger charge is 2.33. The Hall–Kier alpha value is -3.02. The van der Waals surface area contributed by atoms with E-state index in [4.69, 9.17) is 4.98 Å². The van der Waals surface area contributed by atoms with Gasteiger partial charge in [-0.15, -0.1) is 0 Å². The van der Waals surface area contributed by atoms with Gasteiger partial charge < -0.3 is 9.47 Å². The summed E-state index contributed by atoms with van der Waals surface area (Å²) in [5.74, 6) is 1.40. The molecule has 0 amide bonds. The van der Waals surface area contributed by atoms with Crippen LogP contribution in [0, 0.1) is 5.82 Å². The number of hydrogen-bond acceptors (Lipinski definition) is 4. The van der Waals surface area contributed by atoms with Gasteiger partial charge in [-0.1, -0.05) is 18.2 Å². The lowest BCUT2D eigenvalue weighted by atomic mass is 10.1. The van der Waals surface area contributed by atoms with Gasteiger partial charge in [0, 0.05) is 12.6 Å². The highest BCUT2D eigenvalue weighted by atomic mass is 19.1. The summed E-state index contributed by atoms with van der Waals surface area (Å²) in [6, 6.07) is 13.6. The zero-order valence-electron chi connectivity index (χ0n) is 16.0. The number of halogens is 1. The maximum Gasteiger partial charge on any atom is 0.143 e. The summed E-state index contributed by atoms with van der Waals surface area (Å²) in [5.41, 5.74) is 2.77. The van der Waals surface area contributed by atoms with Crippen LogP contribution in [0.4, 0.5) is 10.2 Å². The molecule has 5 rings (SSSR count). The van der Waals surface area contributed by atoms with E-state index in [1.807, 2.05) is 18.2 Å². The molecule has 0 N–H and O–H groups in total. The predicted octanol–water partition coefficient (Wildman–Crippen LogP) is 5.04. The lowest BCUT2D eigenvalue weighted by Crippen LogP contribution is -2.27. The van der Waals surface area contributed by atoms with Gasteiger partial charge >= 0.3 is 0 Å². The third kappa shape index (κ3) is 2.55. The van der Waals surface area contributed by atoms with E-state index in [-0.39, 0.29) is 17.9 Å². The van der Waals surface area contributed by atoms with Crippen molar-refractivity contribution in [1.82, 2.24) is 19.5 Å². The average Bonchev–Trinajstić information content (AvgIpc) is 3.32. The van der Waals surface area contributed by atoms with E-state index in [0.29, 0.717) is 16.7 Å². The summed E-state index contributed by atoms with van der Waals surface area (Å²) in [6.45, 7) is 5.18. The van der Waals surface area contributed by atoms with Gasteiger partial charge in [0.05, 0.1) is 28.0 Å². The maximum atomic E-state index is 14.7. The Labute approximate surface area is 162 Å². The van der Waals surface area contributed by atoms with Crippen LogP contribution in [0.15, 0.2) is 48.8 Å². The summed E-state index contributed by atoms with van der Waals surface area (Å²) in [4.78, 5) is 15.9. The topological polar surface area (TPSA) is 46.8 Å². The smallest absolute Gasteiger partial charge is 0.143 e. The van der Waals surface area contributed by atoms with Crippen molar-refractivity contribution in [2.24, 2.45) is 0 Å². The standard InChI is InChI=1S/C22H22FN5/c1-14(2)28-18-10-4-3-8-16(18)26-21(28)19-11-6-12-27(19)22-20-15(23)7-5-9-17(20)24-13-25-22/h3-5,7-10,13-14,19H,6,11-12H2,1-2H3. The first-order chi connectivity index (χ1) is 13.6. The van der Waals surface area contributed by atoms with Crippen LogP contribution in [0.25, 0.3) is 21.9 Å². The number of anilines is 1. The third-order valence-corrected chi connectivity index (χ3v) is 5.55. The Morgan fingerprint density at radius 3 is 2.71 bits per heavy atom. The van der Waals surface area contributed by atoms with Crippen LogP contribution in [0.3, 0.4) is 0 Å². The van der Waals surface area contributed by atoms with Gasteiger partial charge in [-0.3, -0.25) is 0 Å². The molecule has 0 saturated carbocycles. The number of nitrogens with zero attached hydrogens (tertiary/aromatic N) is 5. The molecule has 0 bridgehead atoms. The molecule has 1 unspecified atom stereocenters. The second kappa shape index (κ2) is 6.55. The number of fused-ring (bicyclic) bond motifs is 2. The monoisotopic (exact) mass is 375 g/mol. The fraction of sp³-hybridized carbons (Fsp3) is 0.318. The zero-order valence-corrected chi connectivity index (χ0v) is 16.0. The lowest BCUT2D eigenvalue weighted by molar-refractivity contribution is 0.539. The van der Waals surface area contributed by atoms with Crippen LogP contribution in [0.2, 0.25) is 0 Å². The second-order valence-corrected chi connectivity index (χ2v) is 7.61. The van der Waals surface area contributed by atoms with E-state index in [1.54, 1.807) is 6.07 Å². The molecular formula is C22H22FN5. The van der Waals surface area contributed by atoms with E-state index >= 15 is 0 Å². The predicted molar refractivity (Wildman–Crippen MR) is 109 cm³/mol. The number of imidazole rings is 1. The molecule has 4 aromatic rings. The molecule has 0 spiro atoms. The molecule has 0 radical (unpaired) electrons. The fourth-order valence-electron chi connectivity index (χ4n) is 4.40. The molecule has 2 aromatic carbocycles. The number of para-hydroxylation sites is 2. The quantitative estimate of drug-likeness (QED) is 0.503. The third-order valence-electron chi connectivity index (χ3n) is 5.55. The molecular weight excluding hydrogens is 353 g/mol. The largest absolute Gasteiger partial charge is 0.346 e. The highest BCUT2D eigenvalue weighted by molar-refractivity contribution is 5.90. The molecule has 5 nitrogen and oxygen atoms in total. The van der Waals surface area contributed by atoms with Gasteiger partial charge in [-0.2, -0.15) is 0 Å². The van der Waals surface area contributed by atoms with Gasteiger partial charge in [0.2, 0.25) is 0 Å². The summed E-state index contributed by atoms with van der Waals surface area (Å²) < 4.78 is 17.0. The van der Waals surface area contributed by atoms with Crippen molar-refractivity contribution < 1.29 is 4.39 Å². The molecule has 1 aliphatic rings. The summed E-state index contributed by atoms with van der Waals surface area (Å²) in [7, 11) is 0. The molecule has 1 aliphatic heterocycles. The van der Waals surface area contributed by atoms with Crippen molar-refractivity contribution in [2.45, 2.75) is 38.8 Å². The molecule has 2 aromatic heterocycles. The first-order valence-electron chi connectivity index (χ1n) is 9.78. The Bertz CT molecular complexity index is 1160. The molecule has 1 atom stereocenters. The molecule has 1 fully saturated rings. The Morgan fingerprint density at radius 1 is 1.04 bits per heavy atom. The van der Waals surface area contributed by atoms with Crippen LogP contribution in [-0.4, -0.2) is 26.1 Å². The van der Waals surface area contributed by atoms with Crippen molar-refractivity contribution in [1.29, 1.82) is 0 Å². The molecule has 0 aliphatic carbocycles. The van der Waals surface area contributed by atoms with E-state index in [0.717, 1.165) is 36.2 Å². The number of aromatic nitrogens is 4. The van der Waals surface area contributed by atoms with Gasteiger partial charge in [0.1, 0.15) is 23.8 Å². The maximum absolute atomic E-state index is 14.7. The van der Waals surface area contributed by atoms with E-state index in [9.17, 15) is 4.39 Å². The van der Waals surface area contributed by atoms with Crippen LogP contribution < -0.4 is 4.90 Å². The van der Waals surface area contributed by atoms with Gasteiger partial charge in [0.15, 0.2) is 0 Å². The van der Waals surface area contributed by atoms with Crippen LogP contribution >= 0.6 is 0 Å². The summed E-state index contributed by atoms with van der Waals surface area (Å²) in [5, 5.41) is 0.490. The lowest BCUT2D eigenvalue weighted by Gasteiger charge is -2.28. The second-order valence-electron chi connectivity index (χ2n) is 7.61. The first kappa shape index (κ1) is 17.1. The summed E-state index contributed by atoms with van der Waals surface area (Å²) >= 11 is 0. The molecule has 142 valence electrons. The Morgan fingerprint density at radius 2 is 1.86 bits per heavy atom. The molecule has 28 heavy (non-hydrogen) atoms. The average molecular weight is 375 g/mol. The van der Waals surface area contributed by atoms with Gasteiger partial charge in [-0.25, -0.2) is 19.3 Å². The minimum absolute atomic E-state index is 0.0625. The van der Waals surface area contributed by atoms with Crippen LogP contribution in [-0.2, 0) is 0 Å². The van der Waals surface area contributed by atoms with Crippen molar-refractivity contribution in [3.63, 3.8) is 0 Å². The van der Waals surface area contributed by atoms with Crippen LogP contribution in [0.1, 0.15) is 44.6 Å². The van der Waals surface area contributed by atoms with E-state index in [1.165, 1.54) is 12.4 Å². The molecule has 6 heteroatoms. The van der Waals surface area contributed by atoms with Gasteiger partial charge in [-0.05, 0) is 51.0 Å². The minimum Gasteiger partial charge on any atom is -0.346 e. The number of hydrogen-bond donors (Lipinski definition) is 0. The van der Waals surface area contributed by atoms with Crippen molar-refractivity contribution in [2.75, 3.05) is 11.4 Å². The number of rotatable bonds is 3. The molecule has 1 saturated heterocycles. The highest BCUT2D eigenvalue weighted by Crippen LogP contribution is 2.39.